The average molecular weight is 489 g/mol. The van der Waals surface area contributed by atoms with Crippen molar-refractivity contribution < 1.29 is 9.84 Å². The average Bonchev–Trinajstić information content (AvgIpc) is 3.17. The quantitative estimate of drug-likeness (QED) is 0.385. The van der Waals surface area contributed by atoms with E-state index in [-0.39, 0.29) is 6.10 Å². The Morgan fingerprint density at radius 1 is 1.06 bits per heavy atom. The summed E-state index contributed by atoms with van der Waals surface area (Å²) >= 11 is 0. The Bertz CT molecular complexity index is 737. The highest BCUT2D eigenvalue weighted by Crippen LogP contribution is 2.68. The first-order valence-electron chi connectivity index (χ1n) is 14.9. The molecule has 0 spiro atoms. The summed E-state index contributed by atoms with van der Waals surface area (Å²) < 4.78 is 5.55. The SMILES string of the molecule is C/C=C(\CCC(C)C1CCC2C3C[C@H](O)C4CC(NCCN(C)C)CCC4(C)C3CCC12C)OC. The van der Waals surface area contributed by atoms with Crippen LogP contribution in [0.2, 0.25) is 0 Å². The highest BCUT2D eigenvalue weighted by molar-refractivity contribution is 5.12. The van der Waals surface area contributed by atoms with Crippen LogP contribution in [0.3, 0.4) is 0 Å². The van der Waals surface area contributed by atoms with Crippen molar-refractivity contribution in [3.8, 4) is 0 Å². The highest BCUT2D eigenvalue weighted by Gasteiger charge is 2.62. The molecule has 202 valence electrons. The van der Waals surface area contributed by atoms with Gasteiger partial charge < -0.3 is 20.1 Å². The van der Waals surface area contributed by atoms with Crippen LogP contribution in [-0.2, 0) is 4.74 Å². The van der Waals surface area contributed by atoms with Gasteiger partial charge in [0.2, 0.25) is 0 Å². The summed E-state index contributed by atoms with van der Waals surface area (Å²) in [6.45, 7) is 12.0. The van der Waals surface area contributed by atoms with E-state index in [0.29, 0.717) is 22.8 Å². The van der Waals surface area contributed by atoms with Gasteiger partial charge in [0.15, 0.2) is 0 Å². The number of nitrogens with one attached hydrogen (secondary N) is 1. The molecule has 0 aromatic heterocycles. The summed E-state index contributed by atoms with van der Waals surface area (Å²) in [6.07, 6.45) is 14.7. The van der Waals surface area contributed by atoms with Crippen LogP contribution in [0.25, 0.3) is 0 Å². The predicted molar refractivity (Wildman–Crippen MR) is 146 cm³/mol. The topological polar surface area (TPSA) is 44.7 Å². The molecular weight excluding hydrogens is 432 g/mol. The second-order valence-electron chi connectivity index (χ2n) is 13.7. The van der Waals surface area contributed by atoms with Gasteiger partial charge in [-0.25, -0.2) is 0 Å². The first-order chi connectivity index (χ1) is 16.6. The number of methoxy groups -OCH3 is 1. The van der Waals surface area contributed by atoms with Crippen LogP contribution in [0.1, 0.15) is 91.9 Å². The van der Waals surface area contributed by atoms with Crippen LogP contribution in [0.15, 0.2) is 11.8 Å². The Kier molecular flexibility index (Phi) is 8.66. The monoisotopic (exact) mass is 488 g/mol. The summed E-state index contributed by atoms with van der Waals surface area (Å²) in [5.74, 6) is 5.53. The third-order valence-electron chi connectivity index (χ3n) is 11.9. The van der Waals surface area contributed by atoms with Gasteiger partial charge in [0.1, 0.15) is 0 Å². The van der Waals surface area contributed by atoms with E-state index in [0.717, 1.165) is 61.3 Å². The van der Waals surface area contributed by atoms with Gasteiger partial charge in [-0.15, -0.1) is 0 Å². The Morgan fingerprint density at radius 3 is 2.46 bits per heavy atom. The Morgan fingerprint density at radius 2 is 1.77 bits per heavy atom. The molecule has 0 amide bonds. The molecule has 0 radical (unpaired) electrons. The summed E-state index contributed by atoms with van der Waals surface area (Å²) in [6, 6.07) is 0.582. The van der Waals surface area contributed by atoms with Crippen molar-refractivity contribution >= 4 is 0 Å². The van der Waals surface area contributed by atoms with Gasteiger partial charge in [0, 0.05) is 25.6 Å². The van der Waals surface area contributed by atoms with Crippen molar-refractivity contribution in [1.29, 1.82) is 0 Å². The normalized spacial score (nSPS) is 44.5. The second kappa shape index (κ2) is 11.0. The second-order valence-corrected chi connectivity index (χ2v) is 13.7. The van der Waals surface area contributed by atoms with Crippen LogP contribution in [-0.4, -0.2) is 56.4 Å². The number of nitrogens with zero attached hydrogens (tertiary/aromatic N) is 1. The number of hydrogen-bond donors (Lipinski definition) is 2. The minimum atomic E-state index is -0.113. The molecule has 4 heteroatoms. The van der Waals surface area contributed by atoms with Crippen molar-refractivity contribution in [3.05, 3.63) is 11.8 Å². The van der Waals surface area contributed by atoms with Crippen LogP contribution < -0.4 is 5.32 Å². The van der Waals surface area contributed by atoms with Gasteiger partial charge in [-0.2, -0.15) is 0 Å². The molecule has 4 saturated carbocycles. The van der Waals surface area contributed by atoms with E-state index < -0.39 is 0 Å². The Balaban J connectivity index is 1.43. The standard InChI is InChI=1S/C31H56N2O2/c1-8-23(35-7)10-9-21(2)25-11-12-26-24-20-29(34)28-19-22(32-17-18-33(5)6)13-15-31(28,4)27(24)14-16-30(25,26)3/h8,21-22,24-29,32,34H,9-20H2,1-7H3/b23-8+/t21?,22?,24?,25?,26?,27?,28?,29-,30?,31?/m0/s1. The van der Waals surface area contributed by atoms with Crippen LogP contribution >= 0.6 is 0 Å². The maximum Gasteiger partial charge on any atom is 0.0913 e. The Hall–Kier alpha value is -0.580. The van der Waals surface area contributed by atoms with Gasteiger partial charge in [-0.1, -0.05) is 20.8 Å². The zero-order valence-electron chi connectivity index (χ0n) is 24.0. The number of likely N-dealkylation sites (N-methyl/N-ethyl adjacent to an activating group) is 1. The van der Waals surface area contributed by atoms with E-state index in [1.165, 1.54) is 51.4 Å². The third-order valence-corrected chi connectivity index (χ3v) is 11.9. The van der Waals surface area contributed by atoms with E-state index >= 15 is 0 Å². The maximum atomic E-state index is 11.6. The Labute approximate surface area is 216 Å². The van der Waals surface area contributed by atoms with E-state index in [1.54, 1.807) is 0 Å². The number of fused-ring (bicyclic) bond motifs is 5. The van der Waals surface area contributed by atoms with Gasteiger partial charge >= 0.3 is 0 Å². The largest absolute Gasteiger partial charge is 0.501 e. The summed E-state index contributed by atoms with van der Waals surface area (Å²) in [7, 11) is 6.10. The summed E-state index contributed by atoms with van der Waals surface area (Å²) in [5, 5.41) is 15.4. The summed E-state index contributed by atoms with van der Waals surface area (Å²) in [5.41, 5.74) is 0.782. The van der Waals surface area contributed by atoms with Gasteiger partial charge in [-0.05, 0) is 131 Å². The van der Waals surface area contributed by atoms with E-state index in [4.69, 9.17) is 4.74 Å². The molecule has 0 aromatic carbocycles. The zero-order chi connectivity index (χ0) is 25.4. The smallest absolute Gasteiger partial charge is 0.0913 e. The fourth-order valence-corrected chi connectivity index (χ4v) is 9.89. The number of aliphatic hydroxyl groups excluding tert-OH is 1. The van der Waals surface area contributed by atoms with E-state index in [2.05, 4.69) is 58.1 Å². The molecule has 0 aliphatic heterocycles. The molecule has 4 aliphatic rings. The van der Waals surface area contributed by atoms with Crippen molar-refractivity contribution in [1.82, 2.24) is 10.2 Å². The van der Waals surface area contributed by atoms with Crippen LogP contribution in [0.5, 0.6) is 0 Å². The molecule has 0 saturated heterocycles. The van der Waals surface area contributed by atoms with Gasteiger partial charge in [0.25, 0.3) is 0 Å². The molecular formula is C31H56N2O2. The van der Waals surface area contributed by atoms with Gasteiger partial charge in [0.05, 0.1) is 19.0 Å². The molecule has 0 bridgehead atoms. The van der Waals surface area contributed by atoms with Crippen molar-refractivity contribution in [3.63, 3.8) is 0 Å². The van der Waals surface area contributed by atoms with Gasteiger partial charge in [-0.3, -0.25) is 0 Å². The first-order valence-corrected chi connectivity index (χ1v) is 14.9. The maximum absolute atomic E-state index is 11.6. The van der Waals surface area contributed by atoms with Crippen molar-refractivity contribution in [2.24, 2.45) is 46.3 Å². The molecule has 4 fully saturated rings. The lowest BCUT2D eigenvalue weighted by Gasteiger charge is -2.62. The van der Waals surface area contributed by atoms with Crippen molar-refractivity contribution in [2.45, 2.75) is 104 Å². The fraction of sp³-hybridized carbons (Fsp3) is 0.935. The van der Waals surface area contributed by atoms with Crippen molar-refractivity contribution in [2.75, 3.05) is 34.3 Å². The van der Waals surface area contributed by atoms with E-state index in [1.807, 2.05) is 7.11 Å². The first kappa shape index (κ1) is 27.5. The minimum Gasteiger partial charge on any atom is -0.501 e. The lowest BCUT2D eigenvalue weighted by molar-refractivity contribution is -0.162. The third kappa shape index (κ3) is 5.23. The predicted octanol–water partition coefficient (Wildman–Crippen LogP) is 6.10. The minimum absolute atomic E-state index is 0.113. The number of rotatable bonds is 9. The zero-order valence-corrected chi connectivity index (χ0v) is 24.0. The highest BCUT2D eigenvalue weighted by atomic mass is 16.5. The lowest BCUT2D eigenvalue weighted by atomic mass is 9.43. The number of hydrogen-bond acceptors (Lipinski definition) is 4. The fourth-order valence-electron chi connectivity index (χ4n) is 9.89. The molecule has 10 atom stereocenters. The molecule has 0 heterocycles. The molecule has 0 aromatic rings. The van der Waals surface area contributed by atoms with E-state index in [9.17, 15) is 5.11 Å². The lowest BCUT2D eigenvalue weighted by Crippen LogP contribution is -2.59. The molecule has 4 rings (SSSR count). The number of allylic oxidation sites excluding steroid dienone is 2. The number of ether oxygens (including phenoxy) is 1. The summed E-state index contributed by atoms with van der Waals surface area (Å²) in [4.78, 5) is 2.26. The number of aliphatic hydroxyl groups is 1. The molecule has 4 aliphatic carbocycles. The van der Waals surface area contributed by atoms with Crippen LogP contribution in [0.4, 0.5) is 0 Å². The molecule has 4 nitrogen and oxygen atoms in total. The van der Waals surface area contributed by atoms with Crippen LogP contribution in [0, 0.1) is 46.3 Å². The molecule has 9 unspecified atom stereocenters. The molecule has 35 heavy (non-hydrogen) atoms. The molecule has 2 N–H and O–H groups in total.